The molecule has 114 valence electrons. The van der Waals surface area contributed by atoms with Gasteiger partial charge in [0.1, 0.15) is 23.5 Å². The van der Waals surface area contributed by atoms with Crippen molar-refractivity contribution in [3.8, 4) is 17.9 Å². The van der Waals surface area contributed by atoms with Crippen molar-refractivity contribution in [1.82, 2.24) is 0 Å². The topological polar surface area (TPSA) is 94.1 Å². The van der Waals surface area contributed by atoms with Crippen LogP contribution in [0, 0.1) is 28.6 Å². The zero-order chi connectivity index (χ0) is 16.7. The number of benzene rings is 1. The van der Waals surface area contributed by atoms with Crippen molar-refractivity contribution < 1.29 is 14.6 Å². The summed E-state index contributed by atoms with van der Waals surface area (Å²) >= 11 is 0. The quantitative estimate of drug-likeness (QED) is 0.814. The van der Waals surface area contributed by atoms with E-state index in [4.69, 9.17) is 9.84 Å². The van der Waals surface area contributed by atoms with Gasteiger partial charge in [-0.2, -0.15) is 10.5 Å². The number of hydrogen-bond acceptors (Lipinski definition) is 4. The molecule has 22 heavy (non-hydrogen) atoms. The average Bonchev–Trinajstić information content (AvgIpc) is 2.51. The Morgan fingerprint density at radius 1 is 1.41 bits per heavy atom. The Balaban J connectivity index is 3.58. The summed E-state index contributed by atoms with van der Waals surface area (Å²) in [4.78, 5) is 10.7. The van der Waals surface area contributed by atoms with E-state index in [-0.39, 0.29) is 11.1 Å². The van der Waals surface area contributed by atoms with E-state index in [1.807, 2.05) is 12.1 Å². The number of carboxylic acid groups (broad SMARTS) is 1. The first-order chi connectivity index (χ1) is 10.5. The van der Waals surface area contributed by atoms with Crippen LogP contribution in [0.25, 0.3) is 6.08 Å². The van der Waals surface area contributed by atoms with Crippen molar-refractivity contribution in [2.24, 2.45) is 5.92 Å². The van der Waals surface area contributed by atoms with Gasteiger partial charge in [0.15, 0.2) is 0 Å². The Labute approximate surface area is 130 Å². The second-order valence-electron chi connectivity index (χ2n) is 5.02. The number of nitriles is 2. The van der Waals surface area contributed by atoms with Crippen LogP contribution in [0.2, 0.25) is 0 Å². The number of carboxylic acids is 1. The highest BCUT2D eigenvalue weighted by Crippen LogP contribution is 2.32. The second kappa shape index (κ2) is 7.85. The molecule has 1 unspecified atom stereocenters. The Bertz CT molecular complexity index is 679. The Kier molecular flexibility index (Phi) is 6.16. The lowest BCUT2D eigenvalue weighted by Gasteiger charge is -2.16. The summed E-state index contributed by atoms with van der Waals surface area (Å²) in [5.74, 6) is -0.335. The summed E-state index contributed by atoms with van der Waals surface area (Å²) in [6.07, 6.45) is 3.94. The number of rotatable bonds is 6. The minimum atomic E-state index is -1.11. The molecule has 1 aromatic carbocycles. The van der Waals surface area contributed by atoms with Crippen LogP contribution in [0.5, 0.6) is 5.75 Å². The van der Waals surface area contributed by atoms with E-state index in [1.54, 1.807) is 6.07 Å². The molecule has 0 aliphatic rings. The van der Waals surface area contributed by atoms with Gasteiger partial charge in [-0.1, -0.05) is 20.3 Å². The zero-order valence-electron chi connectivity index (χ0n) is 12.9. The summed E-state index contributed by atoms with van der Waals surface area (Å²) < 4.78 is 5.32. The molecule has 5 heteroatoms. The molecular weight excluding hydrogens is 280 g/mol. The van der Waals surface area contributed by atoms with E-state index in [9.17, 15) is 15.3 Å². The molecule has 0 amide bonds. The van der Waals surface area contributed by atoms with E-state index in [0.717, 1.165) is 18.1 Å². The molecule has 0 aliphatic carbocycles. The molecule has 1 rings (SSSR count). The number of methoxy groups -OCH3 is 1. The molecule has 1 atom stereocenters. The SMILES string of the molecule is CCC(C)Cc1cc(C=CC(=O)O)c(C#N)c(C#N)c1OC. The van der Waals surface area contributed by atoms with Gasteiger partial charge in [-0.15, -0.1) is 0 Å². The molecule has 1 N–H and O–H groups in total. The first-order valence-corrected chi connectivity index (χ1v) is 6.93. The molecule has 0 fully saturated rings. The molecule has 0 bridgehead atoms. The lowest BCUT2D eigenvalue weighted by molar-refractivity contribution is -0.131. The summed E-state index contributed by atoms with van der Waals surface area (Å²) in [7, 11) is 1.46. The number of nitrogens with zero attached hydrogens (tertiary/aromatic N) is 2. The maximum Gasteiger partial charge on any atom is 0.328 e. The molecule has 0 radical (unpaired) electrons. The van der Waals surface area contributed by atoms with Gasteiger partial charge in [-0.3, -0.25) is 0 Å². The fourth-order valence-electron chi connectivity index (χ4n) is 2.17. The van der Waals surface area contributed by atoms with Crippen LogP contribution in [0.1, 0.15) is 42.5 Å². The number of hydrogen-bond donors (Lipinski definition) is 1. The molecule has 0 saturated heterocycles. The summed E-state index contributed by atoms with van der Waals surface area (Å²) in [5.41, 5.74) is 1.50. The molecule has 5 nitrogen and oxygen atoms in total. The molecule has 0 spiro atoms. The third-order valence-corrected chi connectivity index (χ3v) is 3.49. The fraction of sp³-hybridized carbons (Fsp3) is 0.353. The first-order valence-electron chi connectivity index (χ1n) is 6.93. The van der Waals surface area contributed by atoms with Crippen LogP contribution < -0.4 is 4.74 Å². The lowest BCUT2D eigenvalue weighted by atomic mass is 9.91. The predicted molar refractivity (Wildman–Crippen MR) is 82.3 cm³/mol. The van der Waals surface area contributed by atoms with Crippen LogP contribution in [0.3, 0.4) is 0 Å². The van der Waals surface area contributed by atoms with Crippen molar-refractivity contribution in [3.63, 3.8) is 0 Å². The summed E-state index contributed by atoms with van der Waals surface area (Å²) in [6.45, 7) is 4.15. The van der Waals surface area contributed by atoms with Gasteiger partial charge in [-0.05, 0) is 35.6 Å². The Morgan fingerprint density at radius 2 is 2.05 bits per heavy atom. The number of ether oxygens (including phenoxy) is 1. The number of aliphatic carboxylic acids is 1. The van der Waals surface area contributed by atoms with E-state index in [0.29, 0.717) is 23.7 Å². The standard InChI is InChI=1S/C17H18N2O3/c1-4-11(2)7-13-8-12(5-6-16(20)21)14(9-18)15(10-19)17(13)22-3/h5-6,8,11H,4,7H2,1-3H3,(H,20,21). The van der Waals surface area contributed by atoms with E-state index < -0.39 is 5.97 Å². The zero-order valence-corrected chi connectivity index (χ0v) is 12.9. The van der Waals surface area contributed by atoms with Gasteiger partial charge < -0.3 is 9.84 Å². The molecule has 1 aromatic rings. The monoisotopic (exact) mass is 298 g/mol. The van der Waals surface area contributed by atoms with Crippen molar-refractivity contribution in [2.75, 3.05) is 7.11 Å². The highest BCUT2D eigenvalue weighted by atomic mass is 16.5. The lowest BCUT2D eigenvalue weighted by Crippen LogP contribution is -2.05. The second-order valence-corrected chi connectivity index (χ2v) is 5.02. The van der Waals surface area contributed by atoms with Gasteiger partial charge in [0, 0.05) is 6.08 Å². The molecule has 0 aromatic heterocycles. The highest BCUT2D eigenvalue weighted by Gasteiger charge is 2.19. The summed E-state index contributed by atoms with van der Waals surface area (Å²) in [5, 5.41) is 27.4. The van der Waals surface area contributed by atoms with Crippen LogP contribution in [-0.4, -0.2) is 18.2 Å². The molecular formula is C17H18N2O3. The van der Waals surface area contributed by atoms with Crippen molar-refractivity contribution in [1.29, 1.82) is 10.5 Å². The Hall–Kier alpha value is -2.79. The minimum Gasteiger partial charge on any atom is -0.495 e. The van der Waals surface area contributed by atoms with Crippen LogP contribution in [0.15, 0.2) is 12.1 Å². The van der Waals surface area contributed by atoms with E-state index in [1.165, 1.54) is 13.2 Å². The maximum absolute atomic E-state index is 10.7. The highest BCUT2D eigenvalue weighted by molar-refractivity contribution is 5.86. The van der Waals surface area contributed by atoms with E-state index >= 15 is 0 Å². The molecule has 0 aliphatic heterocycles. The molecule has 0 heterocycles. The predicted octanol–water partition coefficient (Wildman–Crippen LogP) is 3.12. The van der Waals surface area contributed by atoms with Gasteiger partial charge in [0.05, 0.1) is 12.7 Å². The summed E-state index contributed by atoms with van der Waals surface area (Å²) in [6, 6.07) is 5.68. The number of carbonyl (C=O) groups is 1. The normalized spacial score (nSPS) is 11.7. The average molecular weight is 298 g/mol. The van der Waals surface area contributed by atoms with Crippen LogP contribution in [-0.2, 0) is 11.2 Å². The third kappa shape index (κ3) is 3.86. The van der Waals surface area contributed by atoms with Crippen molar-refractivity contribution in [3.05, 3.63) is 34.4 Å². The third-order valence-electron chi connectivity index (χ3n) is 3.49. The van der Waals surface area contributed by atoms with Gasteiger partial charge in [0.25, 0.3) is 0 Å². The minimum absolute atomic E-state index is 0.129. The fourth-order valence-corrected chi connectivity index (χ4v) is 2.17. The molecule has 0 saturated carbocycles. The van der Waals surface area contributed by atoms with Gasteiger partial charge >= 0.3 is 5.97 Å². The van der Waals surface area contributed by atoms with Gasteiger partial charge in [-0.25, -0.2) is 4.79 Å². The van der Waals surface area contributed by atoms with Gasteiger partial charge in [0.2, 0.25) is 0 Å². The maximum atomic E-state index is 10.7. The smallest absolute Gasteiger partial charge is 0.328 e. The van der Waals surface area contributed by atoms with E-state index in [2.05, 4.69) is 13.8 Å². The van der Waals surface area contributed by atoms with Crippen LogP contribution >= 0.6 is 0 Å². The first kappa shape index (κ1) is 17.3. The Morgan fingerprint density at radius 3 is 2.50 bits per heavy atom. The van der Waals surface area contributed by atoms with Crippen molar-refractivity contribution in [2.45, 2.75) is 26.7 Å². The largest absolute Gasteiger partial charge is 0.495 e. The van der Waals surface area contributed by atoms with Crippen LogP contribution in [0.4, 0.5) is 0 Å². The van der Waals surface area contributed by atoms with Crippen molar-refractivity contribution >= 4 is 12.0 Å².